The second kappa shape index (κ2) is 5.23. The number of fused-ring (bicyclic) bond motifs is 1. The van der Waals surface area contributed by atoms with Crippen LogP contribution in [0.15, 0.2) is 42.5 Å². The van der Waals surface area contributed by atoms with Gasteiger partial charge in [-0.1, -0.05) is 41.4 Å². The average Bonchev–Trinajstić information content (AvgIpc) is 2.73. The van der Waals surface area contributed by atoms with Gasteiger partial charge >= 0.3 is 0 Å². The van der Waals surface area contributed by atoms with Crippen molar-refractivity contribution >= 4 is 22.5 Å². The predicted octanol–water partition coefficient (Wildman–Crippen LogP) is 4.66. The minimum Gasteiger partial charge on any atom is -0.326 e. The molecule has 1 heterocycles. The molecule has 2 aromatic carbocycles. The number of benzene rings is 2. The number of rotatable bonds is 2. The molecule has 0 aliphatic rings. The van der Waals surface area contributed by atoms with Crippen molar-refractivity contribution in [3.05, 3.63) is 70.1 Å². The Balaban J connectivity index is 2.22. The van der Waals surface area contributed by atoms with E-state index in [-0.39, 0.29) is 5.82 Å². The molecule has 1 aromatic heterocycles. The summed E-state index contributed by atoms with van der Waals surface area (Å²) in [6, 6.07) is 14.5. The van der Waals surface area contributed by atoms with Gasteiger partial charge in [0, 0.05) is 10.9 Å². The quantitative estimate of drug-likeness (QED) is 0.676. The van der Waals surface area contributed by atoms with Crippen LogP contribution in [0, 0.1) is 24.1 Å². The highest BCUT2D eigenvalue weighted by molar-refractivity contribution is 6.32. The van der Waals surface area contributed by atoms with E-state index in [0.717, 1.165) is 16.5 Å². The van der Waals surface area contributed by atoms with Crippen molar-refractivity contribution in [1.29, 1.82) is 5.26 Å². The zero-order valence-electron chi connectivity index (χ0n) is 11.4. The molecule has 3 rings (SSSR count). The lowest BCUT2D eigenvalue weighted by Crippen LogP contribution is -2.02. The molecular weight excluding hydrogens is 287 g/mol. The maximum atomic E-state index is 13.8. The fourth-order valence-electron chi connectivity index (χ4n) is 2.50. The Morgan fingerprint density at radius 3 is 2.71 bits per heavy atom. The largest absolute Gasteiger partial charge is 0.326 e. The highest BCUT2D eigenvalue weighted by Crippen LogP contribution is 2.31. The van der Waals surface area contributed by atoms with Crippen molar-refractivity contribution in [2.75, 3.05) is 0 Å². The molecule has 4 heteroatoms. The number of nitriles is 1. The smallest absolute Gasteiger partial charge is 0.128 e. The Hall–Kier alpha value is -2.31. The minimum atomic E-state index is -0.277. The van der Waals surface area contributed by atoms with Gasteiger partial charge in [-0.2, -0.15) is 5.26 Å². The highest BCUT2D eigenvalue weighted by Gasteiger charge is 2.16. The van der Waals surface area contributed by atoms with Gasteiger partial charge < -0.3 is 4.57 Å². The van der Waals surface area contributed by atoms with Crippen molar-refractivity contribution in [1.82, 2.24) is 4.57 Å². The molecular formula is C17H12ClFN2. The molecule has 0 atom stereocenters. The molecule has 2 nitrogen and oxygen atoms in total. The van der Waals surface area contributed by atoms with E-state index in [0.29, 0.717) is 22.8 Å². The van der Waals surface area contributed by atoms with Gasteiger partial charge in [-0.25, -0.2) is 4.39 Å². The van der Waals surface area contributed by atoms with Crippen molar-refractivity contribution in [3.63, 3.8) is 0 Å². The van der Waals surface area contributed by atoms with E-state index in [9.17, 15) is 9.65 Å². The molecule has 0 radical (unpaired) electrons. The first-order valence-corrected chi connectivity index (χ1v) is 6.91. The number of hydrogen-bond donors (Lipinski definition) is 0. The third-order valence-corrected chi connectivity index (χ3v) is 3.95. The van der Waals surface area contributed by atoms with E-state index in [1.54, 1.807) is 22.8 Å². The van der Waals surface area contributed by atoms with Crippen molar-refractivity contribution in [2.45, 2.75) is 13.5 Å². The summed E-state index contributed by atoms with van der Waals surface area (Å²) in [5, 5.41) is 10.5. The van der Waals surface area contributed by atoms with E-state index in [4.69, 9.17) is 11.6 Å². The standard InChI is InChI=1S/C17H12ClFN2/c1-11-6-7-16-13(8-11)14(9-20)17(18)21(16)10-12-4-2-3-5-15(12)19/h2-8H,10H2,1H3. The maximum absolute atomic E-state index is 13.8. The monoisotopic (exact) mass is 298 g/mol. The minimum absolute atomic E-state index is 0.277. The fraction of sp³-hybridized carbons (Fsp3) is 0.118. The number of aryl methyl sites for hydroxylation is 1. The van der Waals surface area contributed by atoms with Gasteiger partial charge in [0.2, 0.25) is 0 Å². The molecule has 0 spiro atoms. The SMILES string of the molecule is Cc1ccc2c(c1)c(C#N)c(Cl)n2Cc1ccccc1F. The van der Waals surface area contributed by atoms with Gasteiger partial charge in [0.25, 0.3) is 0 Å². The van der Waals surface area contributed by atoms with Crippen LogP contribution in [0.4, 0.5) is 4.39 Å². The number of hydrogen-bond acceptors (Lipinski definition) is 1. The summed E-state index contributed by atoms with van der Waals surface area (Å²) < 4.78 is 15.6. The zero-order chi connectivity index (χ0) is 15.0. The number of halogens is 2. The van der Waals surface area contributed by atoms with Crippen LogP contribution in [-0.4, -0.2) is 4.57 Å². The summed E-state index contributed by atoms with van der Waals surface area (Å²) in [5.41, 5.74) is 2.87. The lowest BCUT2D eigenvalue weighted by atomic mass is 10.1. The first-order valence-electron chi connectivity index (χ1n) is 6.53. The van der Waals surface area contributed by atoms with Crippen molar-refractivity contribution < 1.29 is 4.39 Å². The van der Waals surface area contributed by atoms with Crippen LogP contribution >= 0.6 is 11.6 Å². The molecule has 0 aliphatic heterocycles. The summed E-state index contributed by atoms with van der Waals surface area (Å²) in [4.78, 5) is 0. The van der Waals surface area contributed by atoms with Crippen molar-refractivity contribution in [3.8, 4) is 6.07 Å². The van der Waals surface area contributed by atoms with Gasteiger partial charge in [0.1, 0.15) is 17.0 Å². The Morgan fingerprint density at radius 2 is 2.00 bits per heavy atom. The first-order chi connectivity index (χ1) is 10.1. The Kier molecular flexibility index (Phi) is 3.40. The predicted molar refractivity (Wildman–Crippen MR) is 81.9 cm³/mol. The normalized spacial score (nSPS) is 10.8. The maximum Gasteiger partial charge on any atom is 0.128 e. The molecule has 0 amide bonds. The van der Waals surface area contributed by atoms with E-state index >= 15 is 0 Å². The van der Waals surface area contributed by atoms with Crippen LogP contribution in [-0.2, 0) is 6.54 Å². The zero-order valence-corrected chi connectivity index (χ0v) is 12.2. The average molecular weight is 299 g/mol. The lowest BCUT2D eigenvalue weighted by molar-refractivity contribution is 0.602. The van der Waals surface area contributed by atoms with Crippen molar-refractivity contribution in [2.24, 2.45) is 0 Å². The Labute approximate surface area is 127 Å². The molecule has 0 bridgehead atoms. The van der Waals surface area contributed by atoms with E-state index in [2.05, 4.69) is 6.07 Å². The molecule has 0 aliphatic carbocycles. The third kappa shape index (κ3) is 2.28. The molecule has 3 aromatic rings. The summed E-state index contributed by atoms with van der Waals surface area (Å²) in [6.45, 7) is 2.26. The highest BCUT2D eigenvalue weighted by atomic mass is 35.5. The molecule has 104 valence electrons. The molecule has 0 fully saturated rings. The molecule has 0 unspecified atom stereocenters. The fourth-order valence-corrected chi connectivity index (χ4v) is 2.79. The van der Waals surface area contributed by atoms with Crippen LogP contribution in [0.1, 0.15) is 16.7 Å². The molecule has 0 N–H and O–H groups in total. The molecule has 0 saturated heterocycles. The topological polar surface area (TPSA) is 28.7 Å². The summed E-state index contributed by atoms with van der Waals surface area (Å²) >= 11 is 6.32. The molecule has 21 heavy (non-hydrogen) atoms. The summed E-state index contributed by atoms with van der Waals surface area (Å²) in [7, 11) is 0. The third-order valence-electron chi connectivity index (χ3n) is 3.55. The van der Waals surface area contributed by atoms with Gasteiger partial charge in [0.05, 0.1) is 17.6 Å². The van der Waals surface area contributed by atoms with Crippen LogP contribution in [0.2, 0.25) is 5.15 Å². The Bertz CT molecular complexity index is 874. The second-order valence-electron chi connectivity index (χ2n) is 4.98. The number of nitrogens with zero attached hydrogens (tertiary/aromatic N) is 2. The van der Waals surface area contributed by atoms with Crippen LogP contribution in [0.3, 0.4) is 0 Å². The Morgan fingerprint density at radius 1 is 1.24 bits per heavy atom. The summed E-state index contributed by atoms with van der Waals surface area (Å²) in [6.07, 6.45) is 0. The van der Waals surface area contributed by atoms with Gasteiger partial charge in [-0.15, -0.1) is 0 Å². The lowest BCUT2D eigenvalue weighted by Gasteiger charge is -2.08. The van der Waals surface area contributed by atoms with Gasteiger partial charge in [0.15, 0.2) is 0 Å². The summed E-state index contributed by atoms with van der Waals surface area (Å²) in [5.74, 6) is -0.277. The van der Waals surface area contributed by atoms with E-state index in [1.807, 2.05) is 25.1 Å². The van der Waals surface area contributed by atoms with Gasteiger partial charge in [-0.05, 0) is 25.1 Å². The second-order valence-corrected chi connectivity index (χ2v) is 5.33. The number of aromatic nitrogens is 1. The molecule has 0 saturated carbocycles. The van der Waals surface area contributed by atoms with E-state index < -0.39 is 0 Å². The van der Waals surface area contributed by atoms with Crippen LogP contribution < -0.4 is 0 Å². The van der Waals surface area contributed by atoms with Crippen LogP contribution in [0.25, 0.3) is 10.9 Å². The van der Waals surface area contributed by atoms with Gasteiger partial charge in [-0.3, -0.25) is 0 Å². The van der Waals surface area contributed by atoms with E-state index in [1.165, 1.54) is 6.07 Å². The first kappa shape index (κ1) is 13.7. The van der Waals surface area contributed by atoms with Crippen LogP contribution in [0.5, 0.6) is 0 Å².